The van der Waals surface area contributed by atoms with Crippen molar-refractivity contribution in [3.8, 4) is 0 Å². The first-order valence-electron chi connectivity index (χ1n) is 2.64. The molecular weight excluding hydrogens is 142 g/mol. The molecule has 0 aromatic carbocycles. The highest BCUT2D eigenvalue weighted by Gasteiger charge is 2.29. The van der Waals surface area contributed by atoms with Crippen molar-refractivity contribution in [3.05, 3.63) is 0 Å². The number of carbonyl (C=O) groups excluding carboxylic acids is 1. The predicted molar refractivity (Wildman–Crippen MR) is 35.3 cm³/mol. The van der Waals surface area contributed by atoms with Crippen LogP contribution >= 0.6 is 12.4 Å². The Morgan fingerprint density at radius 3 is 2.44 bits per heavy atom. The van der Waals surface area contributed by atoms with Crippen molar-refractivity contribution in [2.75, 3.05) is 6.61 Å². The molecule has 0 aromatic heterocycles. The molecule has 54 valence electrons. The number of hydrogen-bond donors (Lipinski definition) is 1. The topological polar surface area (TPSA) is 52.3 Å². The van der Waals surface area contributed by atoms with Crippen molar-refractivity contribution in [2.45, 2.75) is 13.0 Å². The van der Waals surface area contributed by atoms with E-state index < -0.39 is 0 Å². The van der Waals surface area contributed by atoms with Crippen LogP contribution in [-0.2, 0) is 9.53 Å². The van der Waals surface area contributed by atoms with Gasteiger partial charge in [-0.05, 0) is 0 Å². The number of nitrogens with two attached hydrogens (primary N) is 1. The zero-order chi connectivity index (χ0) is 6.15. The number of cyclic esters (lactones) is 1. The average molecular weight is 152 g/mol. The van der Waals surface area contributed by atoms with Gasteiger partial charge in [-0.15, -0.1) is 12.4 Å². The second-order valence-corrected chi connectivity index (χ2v) is 2.13. The van der Waals surface area contributed by atoms with Gasteiger partial charge in [0.15, 0.2) is 0 Å². The second-order valence-electron chi connectivity index (χ2n) is 2.13. The molecule has 1 aliphatic rings. The summed E-state index contributed by atoms with van der Waals surface area (Å²) in [5.41, 5.74) is 5.35. The summed E-state index contributed by atoms with van der Waals surface area (Å²) >= 11 is 0. The Balaban J connectivity index is 0.000000640. The molecule has 3 nitrogen and oxygen atoms in total. The maximum absolute atomic E-state index is 10.4. The summed E-state index contributed by atoms with van der Waals surface area (Å²) in [7, 11) is 0. The van der Waals surface area contributed by atoms with E-state index in [0.717, 1.165) is 0 Å². The maximum atomic E-state index is 10.4. The lowest BCUT2D eigenvalue weighted by atomic mass is 10.1. The maximum Gasteiger partial charge on any atom is 0.323 e. The smallest absolute Gasteiger partial charge is 0.323 e. The van der Waals surface area contributed by atoms with Gasteiger partial charge in [-0.25, -0.2) is 0 Å². The van der Waals surface area contributed by atoms with Crippen LogP contribution in [0.2, 0.25) is 0 Å². The molecule has 1 aliphatic heterocycles. The van der Waals surface area contributed by atoms with Crippen LogP contribution in [0.1, 0.15) is 6.92 Å². The number of carbonyl (C=O) groups is 1. The molecule has 0 aliphatic carbocycles. The average Bonchev–Trinajstić information content (AvgIpc) is 1.98. The van der Waals surface area contributed by atoms with Crippen LogP contribution in [-0.4, -0.2) is 18.6 Å². The van der Waals surface area contributed by atoms with E-state index in [9.17, 15) is 4.79 Å². The minimum Gasteiger partial charge on any atom is -0.464 e. The predicted octanol–water partition coefficient (Wildman–Crippen LogP) is -0.0716. The Morgan fingerprint density at radius 1 is 1.78 bits per heavy atom. The molecule has 0 spiro atoms. The molecule has 0 aromatic rings. The molecule has 0 unspecified atom stereocenters. The third-order valence-electron chi connectivity index (χ3n) is 1.37. The van der Waals surface area contributed by atoms with E-state index in [-0.39, 0.29) is 30.3 Å². The van der Waals surface area contributed by atoms with Crippen LogP contribution in [0.4, 0.5) is 0 Å². The van der Waals surface area contributed by atoms with E-state index in [1.807, 2.05) is 6.92 Å². The highest BCUT2D eigenvalue weighted by Crippen LogP contribution is 2.10. The lowest BCUT2D eigenvalue weighted by Gasteiger charge is -1.98. The molecule has 4 heteroatoms. The van der Waals surface area contributed by atoms with Crippen molar-refractivity contribution in [2.24, 2.45) is 11.7 Å². The van der Waals surface area contributed by atoms with Gasteiger partial charge < -0.3 is 10.5 Å². The van der Waals surface area contributed by atoms with Gasteiger partial charge in [0, 0.05) is 5.92 Å². The summed E-state index contributed by atoms with van der Waals surface area (Å²) in [5.74, 6) is -0.0694. The van der Waals surface area contributed by atoms with Crippen LogP contribution in [0.25, 0.3) is 0 Å². The Morgan fingerprint density at radius 2 is 2.33 bits per heavy atom. The Bertz CT molecular complexity index is 118. The highest BCUT2D eigenvalue weighted by atomic mass is 35.5. The van der Waals surface area contributed by atoms with Gasteiger partial charge in [0.25, 0.3) is 0 Å². The van der Waals surface area contributed by atoms with Gasteiger partial charge in [-0.3, -0.25) is 4.79 Å². The summed E-state index contributed by atoms with van der Waals surface area (Å²) < 4.78 is 4.61. The standard InChI is InChI=1S/C5H9NO2.ClH/c1-3-2-8-5(7)4(3)6;/h3-4H,2,6H2,1H3;1H/t3-,4+;/m0./s1. The number of halogens is 1. The van der Waals surface area contributed by atoms with Crippen molar-refractivity contribution in [1.82, 2.24) is 0 Å². The summed E-state index contributed by atoms with van der Waals surface area (Å²) in [4.78, 5) is 10.4. The first-order chi connectivity index (χ1) is 3.72. The molecule has 0 bridgehead atoms. The normalized spacial score (nSPS) is 33.3. The van der Waals surface area contributed by atoms with Crippen molar-refractivity contribution in [3.63, 3.8) is 0 Å². The molecule has 2 atom stereocenters. The van der Waals surface area contributed by atoms with Crippen LogP contribution in [0, 0.1) is 5.92 Å². The van der Waals surface area contributed by atoms with Crippen LogP contribution in [0.15, 0.2) is 0 Å². The van der Waals surface area contributed by atoms with Gasteiger partial charge in [-0.2, -0.15) is 0 Å². The number of rotatable bonds is 0. The molecule has 1 rings (SSSR count). The summed E-state index contributed by atoms with van der Waals surface area (Å²) in [5, 5.41) is 0. The van der Waals surface area contributed by atoms with E-state index in [4.69, 9.17) is 5.73 Å². The van der Waals surface area contributed by atoms with Crippen molar-refractivity contribution in [1.29, 1.82) is 0 Å². The van der Waals surface area contributed by atoms with Gasteiger partial charge in [-0.1, -0.05) is 6.92 Å². The van der Waals surface area contributed by atoms with Crippen LogP contribution in [0.5, 0.6) is 0 Å². The Kier molecular flexibility index (Phi) is 2.94. The quantitative estimate of drug-likeness (QED) is 0.493. The Labute approximate surface area is 60.0 Å². The monoisotopic (exact) mass is 151 g/mol. The summed E-state index contributed by atoms with van der Waals surface area (Å²) in [6.45, 7) is 2.38. The third kappa shape index (κ3) is 1.56. The lowest BCUT2D eigenvalue weighted by molar-refractivity contribution is -0.139. The van der Waals surface area contributed by atoms with Gasteiger partial charge in [0.2, 0.25) is 0 Å². The molecule has 1 saturated heterocycles. The zero-order valence-electron chi connectivity index (χ0n) is 5.16. The largest absolute Gasteiger partial charge is 0.464 e. The Hall–Kier alpha value is -0.280. The fraction of sp³-hybridized carbons (Fsp3) is 0.800. The third-order valence-corrected chi connectivity index (χ3v) is 1.37. The SMILES string of the molecule is C[C@H]1COC(=O)[C@@H]1N.Cl. The minimum atomic E-state index is -0.380. The van der Waals surface area contributed by atoms with E-state index in [1.54, 1.807) is 0 Å². The first kappa shape index (κ1) is 8.72. The van der Waals surface area contributed by atoms with Gasteiger partial charge in [0.1, 0.15) is 6.04 Å². The van der Waals surface area contributed by atoms with E-state index in [0.29, 0.717) is 6.61 Å². The first-order valence-corrected chi connectivity index (χ1v) is 2.64. The zero-order valence-corrected chi connectivity index (χ0v) is 5.98. The van der Waals surface area contributed by atoms with Crippen LogP contribution < -0.4 is 5.73 Å². The van der Waals surface area contributed by atoms with Gasteiger partial charge in [0.05, 0.1) is 6.61 Å². The highest BCUT2D eigenvalue weighted by molar-refractivity contribution is 5.85. The second kappa shape index (κ2) is 3.03. The molecular formula is C5H10ClNO2. The fourth-order valence-electron chi connectivity index (χ4n) is 0.646. The van der Waals surface area contributed by atoms with E-state index >= 15 is 0 Å². The number of hydrogen-bond acceptors (Lipinski definition) is 3. The fourth-order valence-corrected chi connectivity index (χ4v) is 0.646. The van der Waals surface area contributed by atoms with Crippen LogP contribution in [0.3, 0.4) is 0 Å². The molecule has 0 radical (unpaired) electrons. The number of esters is 1. The van der Waals surface area contributed by atoms with E-state index in [2.05, 4.69) is 4.74 Å². The van der Waals surface area contributed by atoms with Crippen molar-refractivity contribution >= 4 is 18.4 Å². The number of ether oxygens (including phenoxy) is 1. The molecule has 0 amide bonds. The van der Waals surface area contributed by atoms with Crippen molar-refractivity contribution < 1.29 is 9.53 Å². The molecule has 1 heterocycles. The summed E-state index contributed by atoms with van der Waals surface area (Å²) in [6.07, 6.45) is 0. The molecule has 2 N–H and O–H groups in total. The summed E-state index contributed by atoms with van der Waals surface area (Å²) in [6, 6.07) is -0.380. The molecule has 1 fully saturated rings. The molecule has 0 saturated carbocycles. The van der Waals surface area contributed by atoms with E-state index in [1.165, 1.54) is 0 Å². The lowest BCUT2D eigenvalue weighted by Crippen LogP contribution is -2.30. The van der Waals surface area contributed by atoms with Gasteiger partial charge >= 0.3 is 5.97 Å². The molecule has 9 heavy (non-hydrogen) atoms. The minimum absolute atomic E-state index is 0.